The molecule has 2 heterocycles. The maximum absolute atomic E-state index is 12.2. The fourth-order valence-electron chi connectivity index (χ4n) is 2.95. The third-order valence-corrected chi connectivity index (χ3v) is 4.52. The molecule has 140 valence electrons. The Bertz CT molecular complexity index is 1040. The number of nitrogens with one attached hydrogen (secondary N) is 2. The first kappa shape index (κ1) is 17.9. The highest BCUT2D eigenvalue weighted by atomic mass is 35.5. The van der Waals surface area contributed by atoms with E-state index in [2.05, 4.69) is 20.7 Å². The van der Waals surface area contributed by atoms with Gasteiger partial charge in [0.05, 0.1) is 12.5 Å². The van der Waals surface area contributed by atoms with Crippen molar-refractivity contribution in [2.75, 3.05) is 10.6 Å². The van der Waals surface area contributed by atoms with Crippen LogP contribution in [0.3, 0.4) is 0 Å². The Hall–Kier alpha value is -3.45. The van der Waals surface area contributed by atoms with Crippen LogP contribution in [0.25, 0.3) is 6.08 Å². The van der Waals surface area contributed by atoms with E-state index < -0.39 is 0 Å². The van der Waals surface area contributed by atoms with Crippen LogP contribution in [0.15, 0.2) is 60.7 Å². The van der Waals surface area contributed by atoms with Gasteiger partial charge in [0.2, 0.25) is 11.9 Å². The van der Waals surface area contributed by atoms with E-state index in [9.17, 15) is 9.59 Å². The van der Waals surface area contributed by atoms with E-state index in [-0.39, 0.29) is 30.2 Å². The summed E-state index contributed by atoms with van der Waals surface area (Å²) < 4.78 is 1.62. The fourth-order valence-corrected chi connectivity index (χ4v) is 3.07. The van der Waals surface area contributed by atoms with Gasteiger partial charge >= 0.3 is 0 Å². The Morgan fingerprint density at radius 2 is 1.93 bits per heavy atom. The molecule has 2 aromatic carbocycles. The number of carbonyl (C=O) groups is 2. The summed E-state index contributed by atoms with van der Waals surface area (Å²) in [5.41, 5.74) is 1.79. The minimum atomic E-state index is -0.375. The fraction of sp³-hybridized carbons (Fsp3) is 0.100. The Kier molecular flexibility index (Phi) is 4.90. The molecule has 1 aliphatic heterocycles. The quantitative estimate of drug-likeness (QED) is 0.664. The zero-order valence-corrected chi connectivity index (χ0v) is 15.4. The molecule has 0 fully saturated rings. The molecule has 2 amide bonds. The maximum atomic E-state index is 12.2. The highest BCUT2D eigenvalue weighted by Crippen LogP contribution is 2.29. The van der Waals surface area contributed by atoms with E-state index in [1.54, 1.807) is 35.0 Å². The monoisotopic (exact) mass is 393 g/mol. The molecule has 1 aliphatic rings. The molecule has 0 aliphatic carbocycles. The van der Waals surface area contributed by atoms with Crippen LogP contribution >= 0.6 is 11.6 Å². The molecular weight excluding hydrogens is 378 g/mol. The Balaban J connectivity index is 1.52. The second-order valence-corrected chi connectivity index (χ2v) is 6.69. The number of aromatic nitrogens is 3. The van der Waals surface area contributed by atoms with Crippen LogP contribution in [0, 0.1) is 0 Å². The van der Waals surface area contributed by atoms with Crippen LogP contribution in [0.4, 0.5) is 11.9 Å². The lowest BCUT2D eigenvalue weighted by Gasteiger charge is -2.23. The first-order chi connectivity index (χ1) is 13.6. The molecule has 1 aromatic heterocycles. The van der Waals surface area contributed by atoms with Crippen molar-refractivity contribution in [3.8, 4) is 0 Å². The number of hydrogen-bond donors (Lipinski definition) is 2. The van der Waals surface area contributed by atoms with E-state index in [4.69, 9.17) is 11.6 Å². The molecule has 2 N–H and O–H groups in total. The summed E-state index contributed by atoms with van der Waals surface area (Å²) in [6, 6.07) is 16.4. The van der Waals surface area contributed by atoms with Gasteiger partial charge < -0.3 is 0 Å². The molecule has 28 heavy (non-hydrogen) atoms. The van der Waals surface area contributed by atoms with E-state index in [0.29, 0.717) is 11.0 Å². The second kappa shape index (κ2) is 7.66. The van der Waals surface area contributed by atoms with Gasteiger partial charge in [-0.3, -0.25) is 20.2 Å². The van der Waals surface area contributed by atoms with Crippen LogP contribution in [-0.2, 0) is 9.59 Å². The normalized spacial score (nSPS) is 15.9. The molecule has 0 saturated carbocycles. The zero-order chi connectivity index (χ0) is 19.5. The zero-order valence-electron chi connectivity index (χ0n) is 14.7. The van der Waals surface area contributed by atoms with Crippen molar-refractivity contribution in [2.45, 2.75) is 12.5 Å². The first-order valence-electron chi connectivity index (χ1n) is 8.64. The van der Waals surface area contributed by atoms with Gasteiger partial charge in [0.1, 0.15) is 0 Å². The number of rotatable bonds is 4. The average Bonchev–Trinajstić information content (AvgIpc) is 3.09. The van der Waals surface area contributed by atoms with Gasteiger partial charge in [-0.15, -0.1) is 5.10 Å². The topological polar surface area (TPSA) is 88.9 Å². The number of hydrogen-bond acceptors (Lipinski definition) is 4. The molecular formula is C20H16ClN5O2. The van der Waals surface area contributed by atoms with Crippen molar-refractivity contribution >= 4 is 41.4 Å². The second-order valence-electron chi connectivity index (χ2n) is 6.26. The van der Waals surface area contributed by atoms with Gasteiger partial charge in [0, 0.05) is 11.1 Å². The van der Waals surface area contributed by atoms with Crippen LogP contribution in [0.2, 0.25) is 5.02 Å². The van der Waals surface area contributed by atoms with E-state index >= 15 is 0 Å². The summed E-state index contributed by atoms with van der Waals surface area (Å²) in [5, 5.41) is 10.3. The minimum absolute atomic E-state index is 0.129. The average molecular weight is 394 g/mol. The molecule has 8 heteroatoms. The summed E-state index contributed by atoms with van der Waals surface area (Å²) >= 11 is 5.85. The highest BCUT2D eigenvalue weighted by molar-refractivity contribution is 6.30. The number of anilines is 2. The van der Waals surface area contributed by atoms with E-state index in [1.807, 2.05) is 30.3 Å². The maximum Gasteiger partial charge on any atom is 0.250 e. The molecule has 1 unspecified atom stereocenters. The molecule has 4 rings (SSSR count). The van der Waals surface area contributed by atoms with Crippen molar-refractivity contribution < 1.29 is 9.59 Å². The molecule has 0 bridgehead atoms. The van der Waals surface area contributed by atoms with Crippen molar-refractivity contribution in [3.63, 3.8) is 0 Å². The number of fused-ring (bicyclic) bond motifs is 1. The number of amides is 2. The largest absolute Gasteiger partial charge is 0.295 e. The van der Waals surface area contributed by atoms with E-state index in [1.165, 1.54) is 6.08 Å². The Labute approximate surface area is 166 Å². The van der Waals surface area contributed by atoms with Gasteiger partial charge in [0.25, 0.3) is 11.9 Å². The van der Waals surface area contributed by atoms with Gasteiger partial charge in [-0.1, -0.05) is 54.1 Å². The first-order valence-corrected chi connectivity index (χ1v) is 9.02. The molecule has 7 nitrogen and oxygen atoms in total. The molecule has 1 atom stereocenters. The summed E-state index contributed by atoms with van der Waals surface area (Å²) in [4.78, 5) is 28.4. The molecule has 0 saturated heterocycles. The van der Waals surface area contributed by atoms with Crippen LogP contribution in [0.5, 0.6) is 0 Å². The standard InChI is InChI=1S/C20H16ClN5O2/c21-15-9-6-13(7-10-15)8-11-17(27)22-19-24-20-23-18(28)12-16(26(20)25-19)14-4-2-1-3-5-14/h1-11,16H,12H2,(H2,22,23,24,25,27,28). The number of nitrogens with zero attached hydrogens (tertiary/aromatic N) is 3. The minimum Gasteiger partial charge on any atom is -0.295 e. The van der Waals surface area contributed by atoms with Crippen LogP contribution in [0.1, 0.15) is 23.6 Å². The predicted octanol–water partition coefficient (Wildman–Crippen LogP) is 3.52. The predicted molar refractivity (Wildman–Crippen MR) is 107 cm³/mol. The summed E-state index contributed by atoms with van der Waals surface area (Å²) in [6.45, 7) is 0. The van der Waals surface area contributed by atoms with Gasteiger partial charge in [-0.2, -0.15) is 4.98 Å². The highest BCUT2D eigenvalue weighted by Gasteiger charge is 2.29. The van der Waals surface area contributed by atoms with Crippen LogP contribution in [-0.4, -0.2) is 26.6 Å². The lowest BCUT2D eigenvalue weighted by atomic mass is 10.0. The lowest BCUT2D eigenvalue weighted by Crippen LogP contribution is -2.29. The lowest BCUT2D eigenvalue weighted by molar-refractivity contribution is -0.117. The Morgan fingerprint density at radius 1 is 1.18 bits per heavy atom. The number of halogens is 1. The van der Waals surface area contributed by atoms with Crippen molar-refractivity contribution in [1.82, 2.24) is 14.8 Å². The van der Waals surface area contributed by atoms with Crippen molar-refractivity contribution in [3.05, 3.63) is 76.8 Å². The van der Waals surface area contributed by atoms with Gasteiger partial charge in [-0.05, 0) is 29.3 Å². The van der Waals surface area contributed by atoms with Gasteiger partial charge in [0.15, 0.2) is 0 Å². The SMILES string of the molecule is O=C(C=Cc1ccc(Cl)cc1)Nc1nc2n(n1)C(c1ccccc1)CC(=O)N2. The number of benzene rings is 2. The Morgan fingerprint density at radius 3 is 2.68 bits per heavy atom. The smallest absolute Gasteiger partial charge is 0.250 e. The van der Waals surface area contributed by atoms with Gasteiger partial charge in [-0.25, -0.2) is 4.68 Å². The summed E-state index contributed by atoms with van der Waals surface area (Å²) in [5.74, 6) is -0.0827. The van der Waals surface area contributed by atoms with Crippen molar-refractivity contribution in [2.24, 2.45) is 0 Å². The number of carbonyl (C=O) groups excluding carboxylic acids is 2. The van der Waals surface area contributed by atoms with E-state index in [0.717, 1.165) is 11.1 Å². The third-order valence-electron chi connectivity index (χ3n) is 4.27. The molecule has 0 spiro atoms. The third kappa shape index (κ3) is 3.94. The molecule has 3 aromatic rings. The summed E-state index contributed by atoms with van der Waals surface area (Å²) in [6.07, 6.45) is 3.30. The molecule has 0 radical (unpaired) electrons. The van der Waals surface area contributed by atoms with Crippen molar-refractivity contribution in [1.29, 1.82) is 0 Å². The van der Waals surface area contributed by atoms with Crippen LogP contribution < -0.4 is 10.6 Å². The summed E-state index contributed by atoms with van der Waals surface area (Å²) in [7, 11) is 0.